The summed E-state index contributed by atoms with van der Waals surface area (Å²) >= 11 is 0. The summed E-state index contributed by atoms with van der Waals surface area (Å²) in [5.74, 6) is 0.407. The number of rotatable bonds is 8. The number of amides is 2. The molecule has 0 bridgehead atoms. The van der Waals surface area contributed by atoms with Crippen LogP contribution in [0.3, 0.4) is 0 Å². The highest BCUT2D eigenvalue weighted by molar-refractivity contribution is 5.95. The van der Waals surface area contributed by atoms with Crippen molar-refractivity contribution < 1.29 is 9.59 Å². The van der Waals surface area contributed by atoms with Crippen molar-refractivity contribution >= 4 is 17.5 Å². The summed E-state index contributed by atoms with van der Waals surface area (Å²) in [6, 6.07) is 7.53. The zero-order valence-corrected chi connectivity index (χ0v) is 18.1. The zero-order valence-electron chi connectivity index (χ0n) is 18.1. The molecule has 1 heterocycles. The van der Waals surface area contributed by atoms with E-state index in [1.807, 2.05) is 38.2 Å². The molecule has 1 aliphatic rings. The maximum absolute atomic E-state index is 12.8. The Kier molecular flexibility index (Phi) is 8.45. The summed E-state index contributed by atoms with van der Waals surface area (Å²) in [5, 5.41) is 2.93. The number of carbonyl (C=O) groups is 2. The largest absolute Gasteiger partial charge is 0.335 e. The van der Waals surface area contributed by atoms with Gasteiger partial charge in [-0.3, -0.25) is 14.5 Å². The second kappa shape index (κ2) is 10.6. The molecule has 0 saturated carbocycles. The molecule has 1 aromatic rings. The van der Waals surface area contributed by atoms with Crippen molar-refractivity contribution in [2.24, 2.45) is 5.92 Å². The van der Waals surface area contributed by atoms with Crippen LogP contribution in [0.2, 0.25) is 0 Å². The minimum absolute atomic E-state index is 0.0226. The van der Waals surface area contributed by atoms with Gasteiger partial charge in [-0.05, 0) is 64.4 Å². The molecule has 28 heavy (non-hydrogen) atoms. The van der Waals surface area contributed by atoms with Crippen LogP contribution >= 0.6 is 0 Å². The lowest BCUT2D eigenvalue weighted by Crippen LogP contribution is -2.48. The molecule has 0 aliphatic carbocycles. The number of benzene rings is 1. The third kappa shape index (κ3) is 6.31. The minimum Gasteiger partial charge on any atom is -0.335 e. The highest BCUT2D eigenvalue weighted by Crippen LogP contribution is 2.18. The van der Waals surface area contributed by atoms with Crippen molar-refractivity contribution in [3.05, 3.63) is 29.8 Å². The first kappa shape index (κ1) is 22.4. The van der Waals surface area contributed by atoms with Crippen LogP contribution in [0.1, 0.15) is 32.3 Å². The third-order valence-corrected chi connectivity index (χ3v) is 5.72. The number of nitrogens with one attached hydrogen (secondary N) is 1. The number of likely N-dealkylation sites (N-methyl/N-ethyl adjacent to an activating group) is 2. The Bertz CT molecular complexity index is 664. The molecule has 1 N–H and O–H groups in total. The Labute approximate surface area is 169 Å². The first-order valence-electron chi connectivity index (χ1n) is 10.3. The van der Waals surface area contributed by atoms with E-state index in [1.54, 1.807) is 7.05 Å². The molecule has 2 amide bonds. The fraction of sp³-hybridized carbons (Fsp3) is 0.636. The van der Waals surface area contributed by atoms with Crippen LogP contribution in [-0.4, -0.2) is 79.9 Å². The van der Waals surface area contributed by atoms with Gasteiger partial charge in [-0.15, -0.1) is 0 Å². The van der Waals surface area contributed by atoms with Crippen LogP contribution in [0.15, 0.2) is 24.3 Å². The molecule has 2 unspecified atom stereocenters. The van der Waals surface area contributed by atoms with Gasteiger partial charge in [-0.1, -0.05) is 25.1 Å². The average molecular weight is 389 g/mol. The van der Waals surface area contributed by atoms with Crippen LogP contribution in [0, 0.1) is 5.92 Å². The zero-order chi connectivity index (χ0) is 20.7. The second-order valence-corrected chi connectivity index (χ2v) is 8.14. The van der Waals surface area contributed by atoms with Gasteiger partial charge in [0.1, 0.15) is 0 Å². The quantitative estimate of drug-likeness (QED) is 0.743. The molecule has 0 radical (unpaired) electrons. The molecule has 1 aliphatic heterocycles. The second-order valence-electron chi connectivity index (χ2n) is 8.14. The number of nitrogens with zero attached hydrogens (tertiary/aromatic N) is 3. The lowest BCUT2D eigenvalue weighted by atomic mass is 9.97. The summed E-state index contributed by atoms with van der Waals surface area (Å²) in [6.45, 7) is 7.19. The molecule has 0 aromatic heterocycles. The number of para-hydroxylation sites is 1. The van der Waals surface area contributed by atoms with Crippen LogP contribution in [0.4, 0.5) is 5.69 Å². The van der Waals surface area contributed by atoms with E-state index < -0.39 is 0 Å². The van der Waals surface area contributed by atoms with Crippen molar-refractivity contribution in [2.75, 3.05) is 52.6 Å². The van der Waals surface area contributed by atoms with Gasteiger partial charge in [-0.2, -0.15) is 0 Å². The SMILES string of the molecule is CCc1ccccc1NC(=O)CN(C)C(=O)C(C)N(C)CC1CCCN(C)C1. The molecular weight excluding hydrogens is 352 g/mol. The van der Waals surface area contributed by atoms with Gasteiger partial charge in [0.25, 0.3) is 0 Å². The molecule has 1 saturated heterocycles. The van der Waals surface area contributed by atoms with E-state index in [2.05, 4.69) is 29.1 Å². The predicted octanol–water partition coefficient (Wildman–Crippen LogP) is 2.31. The Hall–Kier alpha value is -1.92. The van der Waals surface area contributed by atoms with Gasteiger partial charge in [0.05, 0.1) is 12.6 Å². The van der Waals surface area contributed by atoms with Gasteiger partial charge in [0.2, 0.25) is 11.8 Å². The standard InChI is InChI=1S/C22H36N4O2/c1-6-19-11-7-8-12-20(19)23-21(27)16-26(5)22(28)17(2)25(4)15-18-10-9-13-24(3)14-18/h7-8,11-12,17-18H,6,9-10,13-16H2,1-5H3,(H,23,27). The van der Waals surface area contributed by atoms with E-state index in [-0.39, 0.29) is 24.4 Å². The van der Waals surface area contributed by atoms with Crippen LogP contribution < -0.4 is 5.32 Å². The summed E-state index contributed by atoms with van der Waals surface area (Å²) in [4.78, 5) is 31.2. The maximum Gasteiger partial charge on any atom is 0.243 e. The number of aryl methyl sites for hydroxylation is 1. The Morgan fingerprint density at radius 3 is 2.68 bits per heavy atom. The topological polar surface area (TPSA) is 55.9 Å². The number of piperidine rings is 1. The van der Waals surface area contributed by atoms with Gasteiger partial charge in [0.15, 0.2) is 0 Å². The number of hydrogen-bond acceptors (Lipinski definition) is 4. The summed E-state index contributed by atoms with van der Waals surface area (Å²) in [6.07, 6.45) is 3.28. The summed E-state index contributed by atoms with van der Waals surface area (Å²) < 4.78 is 0. The summed E-state index contributed by atoms with van der Waals surface area (Å²) in [7, 11) is 5.86. The number of hydrogen-bond donors (Lipinski definition) is 1. The van der Waals surface area contributed by atoms with Crippen molar-refractivity contribution in [3.63, 3.8) is 0 Å². The van der Waals surface area contributed by atoms with Gasteiger partial charge in [0, 0.05) is 25.8 Å². The summed E-state index contributed by atoms with van der Waals surface area (Å²) in [5.41, 5.74) is 1.91. The molecular formula is C22H36N4O2. The number of likely N-dealkylation sites (tertiary alicyclic amines) is 1. The van der Waals surface area contributed by atoms with Gasteiger partial charge >= 0.3 is 0 Å². The molecule has 6 heteroatoms. The van der Waals surface area contributed by atoms with Crippen molar-refractivity contribution in [1.82, 2.24) is 14.7 Å². The van der Waals surface area contributed by atoms with Crippen molar-refractivity contribution in [1.29, 1.82) is 0 Å². The molecule has 2 rings (SSSR count). The first-order chi connectivity index (χ1) is 13.3. The Morgan fingerprint density at radius 1 is 1.29 bits per heavy atom. The van der Waals surface area contributed by atoms with E-state index in [9.17, 15) is 9.59 Å². The monoisotopic (exact) mass is 388 g/mol. The van der Waals surface area contributed by atoms with Crippen molar-refractivity contribution in [2.45, 2.75) is 39.2 Å². The lowest BCUT2D eigenvalue weighted by molar-refractivity contribution is -0.137. The molecule has 0 spiro atoms. The van der Waals surface area contributed by atoms with E-state index in [0.717, 1.165) is 37.3 Å². The Morgan fingerprint density at radius 2 is 2.00 bits per heavy atom. The van der Waals surface area contributed by atoms with E-state index >= 15 is 0 Å². The highest BCUT2D eigenvalue weighted by Gasteiger charge is 2.26. The molecule has 1 fully saturated rings. The van der Waals surface area contributed by atoms with Gasteiger partial charge < -0.3 is 15.1 Å². The molecule has 1 aromatic carbocycles. The smallest absolute Gasteiger partial charge is 0.243 e. The minimum atomic E-state index is -0.243. The average Bonchev–Trinajstić information content (AvgIpc) is 2.67. The van der Waals surface area contributed by atoms with Crippen molar-refractivity contribution in [3.8, 4) is 0 Å². The van der Waals surface area contributed by atoms with E-state index in [4.69, 9.17) is 0 Å². The molecule has 2 atom stereocenters. The fourth-order valence-electron chi connectivity index (χ4n) is 3.93. The van der Waals surface area contributed by atoms with E-state index in [0.29, 0.717) is 5.92 Å². The van der Waals surface area contributed by atoms with Crippen LogP contribution in [0.5, 0.6) is 0 Å². The first-order valence-corrected chi connectivity index (χ1v) is 10.3. The molecule has 6 nitrogen and oxygen atoms in total. The molecule has 156 valence electrons. The lowest BCUT2D eigenvalue weighted by Gasteiger charge is -2.35. The fourth-order valence-corrected chi connectivity index (χ4v) is 3.93. The maximum atomic E-state index is 12.8. The normalized spacial score (nSPS) is 18.7. The predicted molar refractivity (Wildman–Crippen MR) is 114 cm³/mol. The Balaban J connectivity index is 1.85. The van der Waals surface area contributed by atoms with Crippen LogP contribution in [0.25, 0.3) is 0 Å². The number of carbonyl (C=O) groups excluding carboxylic acids is 2. The highest BCUT2D eigenvalue weighted by atomic mass is 16.2. The van der Waals surface area contributed by atoms with Gasteiger partial charge in [-0.25, -0.2) is 0 Å². The van der Waals surface area contributed by atoms with E-state index in [1.165, 1.54) is 17.7 Å². The van der Waals surface area contributed by atoms with Crippen LogP contribution in [-0.2, 0) is 16.0 Å². The number of anilines is 1. The third-order valence-electron chi connectivity index (χ3n) is 5.72.